The number of nitrogens with zero attached hydrogens (tertiary/aromatic N) is 4. The number of fused-ring (bicyclic) bond motifs is 1. The number of nitro groups is 1. The summed E-state index contributed by atoms with van der Waals surface area (Å²) in [4.78, 5) is 26.2. The largest absolute Gasteiger partial charge is 0.441 e. The van der Waals surface area contributed by atoms with Gasteiger partial charge in [-0.25, -0.2) is 4.98 Å². The Kier molecular flexibility index (Phi) is 3.75. The molecular weight excluding hydrogens is 302 g/mol. The molecule has 0 aliphatic carbocycles. The van der Waals surface area contributed by atoms with Gasteiger partial charge in [0.25, 0.3) is 0 Å². The lowest BCUT2D eigenvalue weighted by molar-refractivity contribution is -0.385. The third-order valence-electron chi connectivity index (χ3n) is 3.18. The first-order valence-electron chi connectivity index (χ1n) is 6.85. The Morgan fingerprint density at radius 2 is 2.30 bits per heavy atom. The number of aromatic nitrogens is 3. The highest BCUT2D eigenvalue weighted by Gasteiger charge is 2.10. The number of nitrogens with one attached hydrogen (secondary N) is 1. The van der Waals surface area contributed by atoms with Crippen molar-refractivity contribution in [3.05, 3.63) is 46.6 Å². The summed E-state index contributed by atoms with van der Waals surface area (Å²) in [5.41, 5.74) is 1.84. The zero-order chi connectivity index (χ0) is 16.4. The summed E-state index contributed by atoms with van der Waals surface area (Å²) in [6.45, 7) is 2.01. The predicted octanol–water partition coefficient (Wildman–Crippen LogP) is 2.27. The molecule has 0 saturated heterocycles. The van der Waals surface area contributed by atoms with Gasteiger partial charge >= 0.3 is 5.69 Å². The summed E-state index contributed by atoms with van der Waals surface area (Å²) in [6, 6.07) is 5.19. The van der Waals surface area contributed by atoms with E-state index in [4.69, 9.17) is 4.42 Å². The van der Waals surface area contributed by atoms with Crippen molar-refractivity contribution in [2.24, 2.45) is 0 Å². The molecule has 0 atom stereocenters. The molecule has 118 valence electrons. The van der Waals surface area contributed by atoms with Gasteiger partial charge in [-0.3, -0.25) is 19.6 Å². The van der Waals surface area contributed by atoms with Gasteiger partial charge in [0, 0.05) is 25.6 Å². The van der Waals surface area contributed by atoms with Crippen LogP contribution in [0.4, 0.5) is 11.4 Å². The number of carbonyl (C=O) groups is 1. The van der Waals surface area contributed by atoms with E-state index in [1.165, 1.54) is 10.9 Å². The second-order valence-electron chi connectivity index (χ2n) is 4.93. The lowest BCUT2D eigenvalue weighted by Crippen LogP contribution is -2.14. The molecule has 1 N–H and O–H groups in total. The SMILES string of the molecule is Cc1nc2cc(NC(=O)CCn3cc([N+](=O)[O-])cn3)ccc2o1. The number of hydrogen-bond acceptors (Lipinski definition) is 6. The molecule has 0 bridgehead atoms. The minimum Gasteiger partial charge on any atom is -0.441 e. The lowest BCUT2D eigenvalue weighted by Gasteiger charge is -2.05. The fourth-order valence-corrected chi connectivity index (χ4v) is 2.13. The van der Waals surface area contributed by atoms with Gasteiger partial charge in [0.15, 0.2) is 11.5 Å². The average Bonchev–Trinajstić information content (AvgIpc) is 3.10. The third kappa shape index (κ3) is 3.34. The number of carbonyl (C=O) groups excluding carboxylic acids is 1. The van der Waals surface area contributed by atoms with Crippen LogP contribution in [0.1, 0.15) is 12.3 Å². The number of rotatable bonds is 5. The summed E-state index contributed by atoms with van der Waals surface area (Å²) >= 11 is 0. The molecule has 2 aromatic heterocycles. The molecule has 9 nitrogen and oxygen atoms in total. The van der Waals surface area contributed by atoms with Crippen molar-refractivity contribution >= 4 is 28.4 Å². The molecule has 0 saturated carbocycles. The first-order valence-corrected chi connectivity index (χ1v) is 6.85. The number of amides is 1. The van der Waals surface area contributed by atoms with E-state index in [0.717, 1.165) is 6.20 Å². The van der Waals surface area contributed by atoms with E-state index in [1.54, 1.807) is 25.1 Å². The van der Waals surface area contributed by atoms with E-state index in [-0.39, 0.29) is 24.6 Å². The Morgan fingerprint density at radius 1 is 1.48 bits per heavy atom. The zero-order valence-electron chi connectivity index (χ0n) is 12.2. The maximum absolute atomic E-state index is 11.9. The summed E-state index contributed by atoms with van der Waals surface area (Å²) in [7, 11) is 0. The quantitative estimate of drug-likeness (QED) is 0.570. The number of benzene rings is 1. The van der Waals surface area contributed by atoms with Crippen LogP contribution in [-0.2, 0) is 11.3 Å². The van der Waals surface area contributed by atoms with Gasteiger partial charge in [-0.05, 0) is 18.2 Å². The van der Waals surface area contributed by atoms with Gasteiger partial charge in [-0.2, -0.15) is 5.10 Å². The summed E-state index contributed by atoms with van der Waals surface area (Å²) in [5, 5.41) is 17.1. The Labute approximate surface area is 130 Å². The smallest absolute Gasteiger partial charge is 0.306 e. The lowest BCUT2D eigenvalue weighted by atomic mass is 10.2. The van der Waals surface area contributed by atoms with Crippen molar-refractivity contribution in [2.45, 2.75) is 19.9 Å². The van der Waals surface area contributed by atoms with Gasteiger partial charge in [0.05, 0.1) is 4.92 Å². The Hall–Kier alpha value is -3.23. The van der Waals surface area contributed by atoms with Crippen molar-refractivity contribution in [3.8, 4) is 0 Å². The molecule has 3 aromatic rings. The summed E-state index contributed by atoms with van der Waals surface area (Å²) in [6.07, 6.45) is 2.59. The number of aryl methyl sites for hydroxylation is 2. The summed E-state index contributed by atoms with van der Waals surface area (Å²) in [5.74, 6) is 0.339. The molecule has 0 aliphatic rings. The maximum atomic E-state index is 11.9. The van der Waals surface area contributed by atoms with E-state index in [9.17, 15) is 14.9 Å². The van der Waals surface area contributed by atoms with Crippen molar-refractivity contribution in [1.29, 1.82) is 0 Å². The van der Waals surface area contributed by atoms with Gasteiger partial charge in [0.2, 0.25) is 5.91 Å². The normalized spacial score (nSPS) is 10.8. The molecule has 9 heteroatoms. The minimum atomic E-state index is -0.529. The zero-order valence-corrected chi connectivity index (χ0v) is 12.2. The monoisotopic (exact) mass is 315 g/mol. The van der Waals surface area contributed by atoms with Crippen molar-refractivity contribution < 1.29 is 14.1 Å². The van der Waals surface area contributed by atoms with Crippen LogP contribution in [0.5, 0.6) is 0 Å². The fraction of sp³-hybridized carbons (Fsp3) is 0.214. The number of hydrogen-bond donors (Lipinski definition) is 1. The molecule has 3 rings (SSSR count). The van der Waals surface area contributed by atoms with Crippen LogP contribution < -0.4 is 5.32 Å². The predicted molar refractivity (Wildman–Crippen MR) is 80.9 cm³/mol. The van der Waals surface area contributed by atoms with Crippen molar-refractivity contribution in [3.63, 3.8) is 0 Å². The molecule has 1 aromatic carbocycles. The molecule has 0 aliphatic heterocycles. The van der Waals surface area contributed by atoms with E-state index in [0.29, 0.717) is 22.7 Å². The molecular formula is C14H13N5O4. The topological polar surface area (TPSA) is 116 Å². The maximum Gasteiger partial charge on any atom is 0.306 e. The Balaban J connectivity index is 1.60. The number of anilines is 1. The van der Waals surface area contributed by atoms with Gasteiger partial charge in [0.1, 0.15) is 17.9 Å². The van der Waals surface area contributed by atoms with Crippen LogP contribution in [0.2, 0.25) is 0 Å². The van der Waals surface area contributed by atoms with E-state index in [2.05, 4.69) is 15.4 Å². The highest BCUT2D eigenvalue weighted by atomic mass is 16.6. The van der Waals surface area contributed by atoms with Gasteiger partial charge in [-0.15, -0.1) is 0 Å². The standard InChI is InChI=1S/C14H13N5O4/c1-9-16-12-6-10(2-3-13(12)23-9)17-14(20)4-5-18-8-11(7-15-18)19(21)22/h2-3,6-8H,4-5H2,1H3,(H,17,20). The molecule has 23 heavy (non-hydrogen) atoms. The number of oxazole rings is 1. The van der Waals surface area contributed by atoms with E-state index in [1.807, 2.05) is 0 Å². The first-order chi connectivity index (χ1) is 11.0. The Morgan fingerprint density at radius 3 is 3.04 bits per heavy atom. The molecule has 1 amide bonds. The second kappa shape index (κ2) is 5.87. The average molecular weight is 315 g/mol. The van der Waals surface area contributed by atoms with Crippen LogP contribution in [-0.4, -0.2) is 25.6 Å². The summed E-state index contributed by atoms with van der Waals surface area (Å²) < 4.78 is 6.73. The molecule has 0 fully saturated rings. The first kappa shape index (κ1) is 14.7. The van der Waals surface area contributed by atoms with Crippen LogP contribution in [0.3, 0.4) is 0 Å². The highest BCUT2D eigenvalue weighted by Crippen LogP contribution is 2.19. The highest BCUT2D eigenvalue weighted by molar-refractivity contribution is 5.92. The Bertz CT molecular complexity index is 882. The molecule has 0 unspecified atom stereocenters. The van der Waals surface area contributed by atoms with Crippen LogP contribution in [0.25, 0.3) is 11.1 Å². The minimum absolute atomic E-state index is 0.0998. The molecule has 2 heterocycles. The van der Waals surface area contributed by atoms with Gasteiger partial charge in [-0.1, -0.05) is 0 Å². The van der Waals surface area contributed by atoms with Crippen molar-refractivity contribution in [2.75, 3.05) is 5.32 Å². The van der Waals surface area contributed by atoms with E-state index >= 15 is 0 Å². The van der Waals surface area contributed by atoms with Crippen LogP contribution in [0, 0.1) is 17.0 Å². The van der Waals surface area contributed by atoms with Gasteiger partial charge < -0.3 is 9.73 Å². The fourth-order valence-electron chi connectivity index (χ4n) is 2.13. The third-order valence-corrected chi connectivity index (χ3v) is 3.18. The van der Waals surface area contributed by atoms with E-state index < -0.39 is 4.92 Å². The van der Waals surface area contributed by atoms with Crippen molar-refractivity contribution in [1.82, 2.24) is 14.8 Å². The second-order valence-corrected chi connectivity index (χ2v) is 4.93. The molecule has 0 spiro atoms. The van der Waals surface area contributed by atoms with Crippen LogP contribution in [0.15, 0.2) is 35.0 Å². The molecule has 0 radical (unpaired) electrons. The van der Waals surface area contributed by atoms with Crippen LogP contribution >= 0.6 is 0 Å².